The second-order valence-corrected chi connectivity index (χ2v) is 6.68. The van der Waals surface area contributed by atoms with Crippen LogP contribution in [0.1, 0.15) is 76.7 Å². The van der Waals surface area contributed by atoms with Crippen LogP contribution in [0, 0.1) is 0 Å². The fraction of sp³-hybridized carbons (Fsp3) is 0.667. The molecule has 0 aliphatic rings. The Labute approximate surface area is 157 Å². The molecule has 0 aromatic heterocycles. The minimum absolute atomic E-state index is 0.0688. The van der Waals surface area contributed by atoms with Gasteiger partial charge in [-0.15, -0.1) is 0 Å². The van der Waals surface area contributed by atoms with Crippen LogP contribution in [-0.4, -0.2) is 24.3 Å². The molecule has 0 bridgehead atoms. The maximum atomic E-state index is 11.2. The third-order valence-electron chi connectivity index (χ3n) is 4.34. The second kappa shape index (κ2) is 14.4. The van der Waals surface area contributed by atoms with Gasteiger partial charge in [-0.3, -0.25) is 4.79 Å². The molecule has 0 amide bonds. The van der Waals surface area contributed by atoms with Gasteiger partial charge in [-0.05, 0) is 38.0 Å². The lowest BCUT2D eigenvalue weighted by molar-refractivity contribution is -0.143. The van der Waals surface area contributed by atoms with E-state index in [1.54, 1.807) is 18.2 Å². The number of nitrogens with two attached hydrogens (primary N) is 1. The van der Waals surface area contributed by atoms with E-state index in [1.165, 1.54) is 38.5 Å². The van der Waals surface area contributed by atoms with Crippen molar-refractivity contribution in [3.63, 3.8) is 0 Å². The van der Waals surface area contributed by atoms with Crippen molar-refractivity contribution in [2.45, 2.75) is 77.7 Å². The van der Waals surface area contributed by atoms with E-state index >= 15 is 0 Å². The summed E-state index contributed by atoms with van der Waals surface area (Å²) in [6.45, 7) is 3.44. The van der Waals surface area contributed by atoms with Crippen molar-refractivity contribution in [3.8, 4) is 5.75 Å². The minimum Gasteiger partial charge on any atom is -0.508 e. The first-order valence-electron chi connectivity index (χ1n) is 9.94. The number of rotatable bonds is 15. The van der Waals surface area contributed by atoms with Crippen LogP contribution in [0.3, 0.4) is 0 Å². The summed E-state index contributed by atoms with van der Waals surface area (Å²) < 4.78 is 10.5. The smallest absolute Gasteiger partial charge is 0.305 e. The molecule has 0 heterocycles. The largest absolute Gasteiger partial charge is 0.508 e. The number of benzene rings is 1. The van der Waals surface area contributed by atoms with Gasteiger partial charge in [-0.25, -0.2) is 0 Å². The molecule has 0 aliphatic heterocycles. The van der Waals surface area contributed by atoms with Crippen molar-refractivity contribution in [1.29, 1.82) is 0 Å². The SMILES string of the molecule is CCOC(=O)CCCCCCCCCCCOCc1cc(N)ccc1O. The van der Waals surface area contributed by atoms with Crippen LogP contribution in [0.15, 0.2) is 18.2 Å². The Morgan fingerprint density at radius 3 is 2.27 bits per heavy atom. The molecule has 3 N–H and O–H groups in total. The third-order valence-corrected chi connectivity index (χ3v) is 4.34. The van der Waals surface area contributed by atoms with Gasteiger partial charge in [0.05, 0.1) is 13.2 Å². The summed E-state index contributed by atoms with van der Waals surface area (Å²) in [6, 6.07) is 5.03. The maximum Gasteiger partial charge on any atom is 0.305 e. The highest BCUT2D eigenvalue weighted by Crippen LogP contribution is 2.20. The quantitative estimate of drug-likeness (QED) is 0.199. The van der Waals surface area contributed by atoms with E-state index in [0.29, 0.717) is 31.9 Å². The molecular formula is C21H35NO4. The van der Waals surface area contributed by atoms with E-state index in [0.717, 1.165) is 24.8 Å². The molecule has 1 rings (SSSR count). The van der Waals surface area contributed by atoms with Crippen LogP contribution in [-0.2, 0) is 20.9 Å². The molecule has 0 saturated heterocycles. The number of esters is 1. The fourth-order valence-electron chi connectivity index (χ4n) is 2.85. The first-order valence-corrected chi connectivity index (χ1v) is 9.94. The number of ether oxygens (including phenoxy) is 2. The van der Waals surface area contributed by atoms with E-state index in [4.69, 9.17) is 15.2 Å². The first kappa shape index (κ1) is 22.3. The molecule has 0 aliphatic carbocycles. The average molecular weight is 366 g/mol. The molecule has 0 radical (unpaired) electrons. The molecule has 0 atom stereocenters. The minimum atomic E-state index is -0.0688. The van der Waals surface area contributed by atoms with Gasteiger partial charge in [0.15, 0.2) is 0 Å². The van der Waals surface area contributed by atoms with E-state index in [-0.39, 0.29) is 11.7 Å². The van der Waals surface area contributed by atoms with Crippen molar-refractivity contribution >= 4 is 11.7 Å². The number of anilines is 1. The van der Waals surface area contributed by atoms with Crippen LogP contribution in [0.25, 0.3) is 0 Å². The number of phenols is 1. The molecule has 26 heavy (non-hydrogen) atoms. The Hall–Kier alpha value is -1.75. The van der Waals surface area contributed by atoms with Crippen LogP contribution in [0.4, 0.5) is 5.69 Å². The predicted molar refractivity (Wildman–Crippen MR) is 105 cm³/mol. The van der Waals surface area contributed by atoms with E-state index in [2.05, 4.69) is 0 Å². The maximum absolute atomic E-state index is 11.2. The highest BCUT2D eigenvalue weighted by atomic mass is 16.5. The molecule has 0 saturated carbocycles. The fourth-order valence-corrected chi connectivity index (χ4v) is 2.85. The summed E-state index contributed by atoms with van der Waals surface area (Å²) in [7, 11) is 0. The molecule has 1 aromatic carbocycles. The second-order valence-electron chi connectivity index (χ2n) is 6.68. The number of phenolic OH excluding ortho intramolecular Hbond substituents is 1. The summed E-state index contributed by atoms with van der Waals surface area (Å²) in [6.07, 6.45) is 11.0. The molecule has 0 unspecified atom stereocenters. The molecular weight excluding hydrogens is 330 g/mol. The molecule has 1 aromatic rings. The van der Waals surface area contributed by atoms with Crippen molar-refractivity contribution in [2.75, 3.05) is 18.9 Å². The Kier molecular flexibility index (Phi) is 12.4. The zero-order valence-electron chi connectivity index (χ0n) is 16.2. The number of hydrogen-bond acceptors (Lipinski definition) is 5. The van der Waals surface area contributed by atoms with Gasteiger partial charge in [0.1, 0.15) is 5.75 Å². The van der Waals surface area contributed by atoms with E-state index < -0.39 is 0 Å². The highest BCUT2D eigenvalue weighted by molar-refractivity contribution is 5.69. The molecule has 0 spiro atoms. The molecule has 5 nitrogen and oxygen atoms in total. The monoisotopic (exact) mass is 365 g/mol. The normalized spacial score (nSPS) is 10.8. The number of hydrogen-bond donors (Lipinski definition) is 2. The Balaban J connectivity index is 1.85. The Morgan fingerprint density at radius 2 is 1.62 bits per heavy atom. The summed E-state index contributed by atoms with van der Waals surface area (Å²) in [4.78, 5) is 11.2. The van der Waals surface area contributed by atoms with Gasteiger partial charge in [0.2, 0.25) is 0 Å². The topological polar surface area (TPSA) is 81.8 Å². The van der Waals surface area contributed by atoms with Crippen molar-refractivity contribution in [2.24, 2.45) is 0 Å². The van der Waals surface area contributed by atoms with Gasteiger partial charge in [-0.1, -0.05) is 44.9 Å². The van der Waals surface area contributed by atoms with E-state index in [1.807, 2.05) is 6.92 Å². The average Bonchev–Trinajstić information content (AvgIpc) is 2.62. The third kappa shape index (κ3) is 11.0. The van der Waals surface area contributed by atoms with Gasteiger partial charge in [0, 0.05) is 24.3 Å². The number of carbonyl (C=O) groups excluding carboxylic acids is 1. The van der Waals surface area contributed by atoms with Gasteiger partial charge < -0.3 is 20.3 Å². The summed E-state index contributed by atoms with van der Waals surface area (Å²) in [5.74, 6) is 0.169. The van der Waals surface area contributed by atoms with Gasteiger partial charge in [-0.2, -0.15) is 0 Å². The van der Waals surface area contributed by atoms with Crippen LogP contribution in [0.5, 0.6) is 5.75 Å². The summed E-state index contributed by atoms with van der Waals surface area (Å²) in [5.41, 5.74) is 7.09. The van der Waals surface area contributed by atoms with Gasteiger partial charge in [0.25, 0.3) is 0 Å². The summed E-state index contributed by atoms with van der Waals surface area (Å²) >= 11 is 0. The lowest BCUT2D eigenvalue weighted by atomic mass is 10.1. The lowest BCUT2D eigenvalue weighted by Crippen LogP contribution is -2.03. The van der Waals surface area contributed by atoms with Crippen LogP contribution in [0.2, 0.25) is 0 Å². The molecule has 0 fully saturated rings. The zero-order chi connectivity index (χ0) is 19.0. The number of carbonyl (C=O) groups is 1. The van der Waals surface area contributed by atoms with Crippen LogP contribution < -0.4 is 5.73 Å². The number of nitrogen functional groups attached to an aromatic ring is 1. The number of unbranched alkanes of at least 4 members (excludes halogenated alkanes) is 8. The number of aromatic hydroxyl groups is 1. The van der Waals surface area contributed by atoms with Crippen molar-refractivity contribution < 1.29 is 19.4 Å². The standard InChI is InChI=1S/C21H35NO4/c1-2-26-21(24)12-10-8-6-4-3-5-7-9-11-15-25-17-18-16-19(22)13-14-20(18)23/h13-14,16,23H,2-12,15,17,22H2,1H3. The van der Waals surface area contributed by atoms with Crippen molar-refractivity contribution in [1.82, 2.24) is 0 Å². The van der Waals surface area contributed by atoms with E-state index in [9.17, 15) is 9.90 Å². The Morgan fingerprint density at radius 1 is 1.00 bits per heavy atom. The Bertz CT molecular complexity index is 505. The van der Waals surface area contributed by atoms with Crippen molar-refractivity contribution in [3.05, 3.63) is 23.8 Å². The molecule has 5 heteroatoms. The highest BCUT2D eigenvalue weighted by Gasteiger charge is 2.02. The first-order chi connectivity index (χ1) is 12.6. The summed E-state index contributed by atoms with van der Waals surface area (Å²) in [5, 5.41) is 9.70. The lowest BCUT2D eigenvalue weighted by Gasteiger charge is -2.07. The van der Waals surface area contributed by atoms with Crippen LogP contribution >= 0.6 is 0 Å². The van der Waals surface area contributed by atoms with Gasteiger partial charge >= 0.3 is 5.97 Å². The predicted octanol–water partition coefficient (Wildman–Crippen LogP) is 4.96. The molecule has 148 valence electrons. The zero-order valence-corrected chi connectivity index (χ0v) is 16.2.